The van der Waals surface area contributed by atoms with E-state index in [0.29, 0.717) is 13.1 Å². The van der Waals surface area contributed by atoms with Crippen molar-refractivity contribution in [2.75, 3.05) is 19.7 Å². The maximum atomic E-state index is 12.7. The van der Waals surface area contributed by atoms with Crippen molar-refractivity contribution in [3.05, 3.63) is 0 Å². The molecule has 0 spiro atoms. The van der Waals surface area contributed by atoms with Crippen molar-refractivity contribution in [2.45, 2.75) is 57.0 Å². The molecule has 2 rings (SSSR count). The standard InChI is InChI=1S/C14H24N2O4/c17-9-8-16(11-4-1-2-5-11)14(20)15-7-3-6-12(15)10-13(18)19/h11-12,17H,1-10H2,(H,18,19). The molecule has 0 aromatic heterocycles. The molecular formula is C14H24N2O4. The van der Waals surface area contributed by atoms with E-state index in [1.807, 2.05) is 0 Å². The van der Waals surface area contributed by atoms with Crippen LogP contribution in [-0.2, 0) is 4.79 Å². The molecule has 1 aliphatic heterocycles. The van der Waals surface area contributed by atoms with Gasteiger partial charge >= 0.3 is 12.0 Å². The van der Waals surface area contributed by atoms with Crippen LogP contribution in [0.25, 0.3) is 0 Å². The minimum atomic E-state index is -0.857. The second-order valence-electron chi connectivity index (χ2n) is 5.73. The molecule has 1 aliphatic carbocycles. The Hall–Kier alpha value is -1.30. The molecule has 1 saturated carbocycles. The Balaban J connectivity index is 2.03. The van der Waals surface area contributed by atoms with Gasteiger partial charge in [0.15, 0.2) is 0 Å². The molecule has 0 aromatic carbocycles. The number of carbonyl (C=O) groups is 2. The Morgan fingerprint density at radius 2 is 1.85 bits per heavy atom. The van der Waals surface area contributed by atoms with E-state index in [1.165, 1.54) is 0 Å². The third-order valence-corrected chi connectivity index (χ3v) is 4.39. The number of hydrogen-bond donors (Lipinski definition) is 2. The summed E-state index contributed by atoms with van der Waals surface area (Å²) >= 11 is 0. The number of carboxylic acids is 1. The average Bonchev–Trinajstić information content (AvgIpc) is 3.05. The van der Waals surface area contributed by atoms with Crippen molar-refractivity contribution in [3.63, 3.8) is 0 Å². The lowest BCUT2D eigenvalue weighted by Crippen LogP contribution is -2.50. The molecule has 2 amide bonds. The second-order valence-corrected chi connectivity index (χ2v) is 5.73. The first-order valence-corrected chi connectivity index (χ1v) is 7.53. The SMILES string of the molecule is O=C(O)CC1CCCN1C(=O)N(CCO)C1CCCC1. The van der Waals surface area contributed by atoms with Crippen LogP contribution in [0.1, 0.15) is 44.9 Å². The molecular weight excluding hydrogens is 260 g/mol. The zero-order chi connectivity index (χ0) is 14.5. The number of aliphatic carboxylic acids is 1. The van der Waals surface area contributed by atoms with Crippen LogP contribution in [0, 0.1) is 0 Å². The molecule has 2 N–H and O–H groups in total. The lowest BCUT2D eigenvalue weighted by atomic mass is 10.1. The number of carbonyl (C=O) groups excluding carboxylic acids is 1. The smallest absolute Gasteiger partial charge is 0.320 e. The van der Waals surface area contributed by atoms with Crippen molar-refractivity contribution in [3.8, 4) is 0 Å². The molecule has 0 radical (unpaired) electrons. The Bertz CT molecular complexity index is 355. The summed E-state index contributed by atoms with van der Waals surface area (Å²) in [7, 11) is 0. The van der Waals surface area contributed by atoms with E-state index in [9.17, 15) is 14.7 Å². The Morgan fingerprint density at radius 3 is 2.45 bits per heavy atom. The lowest BCUT2D eigenvalue weighted by Gasteiger charge is -2.34. The summed E-state index contributed by atoms with van der Waals surface area (Å²) in [6.45, 7) is 0.935. The van der Waals surface area contributed by atoms with Crippen LogP contribution in [0.3, 0.4) is 0 Å². The summed E-state index contributed by atoms with van der Waals surface area (Å²) < 4.78 is 0. The molecule has 6 nitrogen and oxygen atoms in total. The molecule has 2 fully saturated rings. The molecule has 2 aliphatic rings. The quantitative estimate of drug-likeness (QED) is 0.797. The monoisotopic (exact) mass is 284 g/mol. The van der Waals surface area contributed by atoms with Crippen LogP contribution in [0.15, 0.2) is 0 Å². The molecule has 1 saturated heterocycles. The maximum absolute atomic E-state index is 12.7. The number of nitrogens with zero attached hydrogens (tertiary/aromatic N) is 2. The van der Waals surface area contributed by atoms with E-state index in [0.717, 1.165) is 38.5 Å². The van der Waals surface area contributed by atoms with Crippen LogP contribution >= 0.6 is 0 Å². The summed E-state index contributed by atoms with van der Waals surface area (Å²) in [5.41, 5.74) is 0. The highest BCUT2D eigenvalue weighted by Crippen LogP contribution is 2.27. The van der Waals surface area contributed by atoms with Gasteiger partial charge in [-0.05, 0) is 25.7 Å². The van der Waals surface area contributed by atoms with Gasteiger partial charge < -0.3 is 20.0 Å². The fourth-order valence-electron chi connectivity index (χ4n) is 3.42. The van der Waals surface area contributed by atoms with Gasteiger partial charge in [-0.2, -0.15) is 0 Å². The number of amides is 2. The average molecular weight is 284 g/mol. The molecule has 20 heavy (non-hydrogen) atoms. The second kappa shape index (κ2) is 6.92. The minimum Gasteiger partial charge on any atom is -0.481 e. The molecule has 0 bridgehead atoms. The Morgan fingerprint density at radius 1 is 1.15 bits per heavy atom. The van der Waals surface area contributed by atoms with Gasteiger partial charge in [0.1, 0.15) is 0 Å². The summed E-state index contributed by atoms with van der Waals surface area (Å²) in [6, 6.07) is -0.0713. The number of urea groups is 1. The van der Waals surface area contributed by atoms with Crippen molar-refractivity contribution in [1.82, 2.24) is 9.80 Å². The summed E-state index contributed by atoms with van der Waals surface area (Å²) in [5, 5.41) is 18.1. The van der Waals surface area contributed by atoms with Crippen LogP contribution in [-0.4, -0.2) is 63.8 Å². The number of hydrogen-bond acceptors (Lipinski definition) is 3. The number of aliphatic hydroxyl groups is 1. The van der Waals surface area contributed by atoms with E-state index < -0.39 is 5.97 Å². The Kier molecular flexibility index (Phi) is 5.23. The van der Waals surface area contributed by atoms with Gasteiger partial charge in [-0.25, -0.2) is 4.79 Å². The number of likely N-dealkylation sites (tertiary alicyclic amines) is 1. The summed E-state index contributed by atoms with van der Waals surface area (Å²) in [6.07, 6.45) is 5.86. The third-order valence-electron chi connectivity index (χ3n) is 4.39. The molecule has 114 valence electrons. The molecule has 1 heterocycles. The fourth-order valence-corrected chi connectivity index (χ4v) is 3.42. The summed E-state index contributed by atoms with van der Waals surface area (Å²) in [5.74, 6) is -0.857. The van der Waals surface area contributed by atoms with E-state index in [1.54, 1.807) is 9.80 Å². The van der Waals surface area contributed by atoms with Gasteiger partial charge in [-0.3, -0.25) is 4.79 Å². The van der Waals surface area contributed by atoms with Crippen LogP contribution in [0.5, 0.6) is 0 Å². The predicted molar refractivity (Wildman–Crippen MR) is 73.4 cm³/mol. The van der Waals surface area contributed by atoms with Gasteiger partial charge in [-0.15, -0.1) is 0 Å². The predicted octanol–water partition coefficient (Wildman–Crippen LogP) is 1.28. The van der Waals surface area contributed by atoms with Crippen molar-refractivity contribution < 1.29 is 19.8 Å². The van der Waals surface area contributed by atoms with Gasteiger partial charge in [0.25, 0.3) is 0 Å². The first-order valence-electron chi connectivity index (χ1n) is 7.53. The van der Waals surface area contributed by atoms with Crippen molar-refractivity contribution in [1.29, 1.82) is 0 Å². The van der Waals surface area contributed by atoms with Crippen LogP contribution in [0.4, 0.5) is 4.79 Å². The molecule has 6 heteroatoms. The molecule has 1 unspecified atom stereocenters. The first-order chi connectivity index (χ1) is 9.63. The largest absolute Gasteiger partial charge is 0.481 e. The van der Waals surface area contributed by atoms with Gasteiger partial charge in [0, 0.05) is 25.2 Å². The Labute approximate surface area is 119 Å². The molecule has 0 aromatic rings. The minimum absolute atomic E-state index is 0.0172. The van der Waals surface area contributed by atoms with E-state index >= 15 is 0 Å². The highest BCUT2D eigenvalue weighted by molar-refractivity contribution is 5.77. The van der Waals surface area contributed by atoms with E-state index in [2.05, 4.69) is 0 Å². The maximum Gasteiger partial charge on any atom is 0.320 e. The zero-order valence-electron chi connectivity index (χ0n) is 11.8. The van der Waals surface area contributed by atoms with Gasteiger partial charge in [-0.1, -0.05) is 12.8 Å². The molecule has 1 atom stereocenters. The van der Waals surface area contributed by atoms with Crippen molar-refractivity contribution >= 4 is 12.0 Å². The number of rotatable bonds is 5. The zero-order valence-corrected chi connectivity index (χ0v) is 11.8. The van der Waals surface area contributed by atoms with E-state index in [4.69, 9.17) is 5.11 Å². The number of aliphatic hydroxyl groups excluding tert-OH is 1. The lowest BCUT2D eigenvalue weighted by molar-refractivity contribution is -0.138. The third kappa shape index (κ3) is 3.42. The van der Waals surface area contributed by atoms with Gasteiger partial charge in [0.05, 0.1) is 13.0 Å². The van der Waals surface area contributed by atoms with Crippen LogP contribution in [0.2, 0.25) is 0 Å². The fraction of sp³-hybridized carbons (Fsp3) is 0.857. The highest BCUT2D eigenvalue weighted by atomic mass is 16.4. The van der Waals surface area contributed by atoms with Gasteiger partial charge in [0.2, 0.25) is 0 Å². The first kappa shape index (κ1) is 15.1. The van der Waals surface area contributed by atoms with Crippen molar-refractivity contribution in [2.24, 2.45) is 0 Å². The highest BCUT2D eigenvalue weighted by Gasteiger charge is 2.35. The summed E-state index contributed by atoms with van der Waals surface area (Å²) in [4.78, 5) is 27.0. The van der Waals surface area contributed by atoms with Crippen LogP contribution < -0.4 is 0 Å². The van der Waals surface area contributed by atoms with E-state index in [-0.39, 0.29) is 31.1 Å². The number of carboxylic acid groups (broad SMARTS) is 1. The topological polar surface area (TPSA) is 81.1 Å². The normalized spacial score (nSPS) is 23.2.